The third-order valence-electron chi connectivity index (χ3n) is 4.35. The third kappa shape index (κ3) is 3.17. The summed E-state index contributed by atoms with van der Waals surface area (Å²) in [4.78, 5) is 6.46. The monoisotopic (exact) mass is 309 g/mol. The van der Waals surface area contributed by atoms with Gasteiger partial charge < -0.3 is 4.52 Å². The molecule has 1 saturated heterocycles. The minimum Gasteiger partial charge on any atom is -0.359 e. The maximum absolute atomic E-state index is 5.54. The summed E-state index contributed by atoms with van der Waals surface area (Å²) in [5, 5.41) is 8.41. The van der Waals surface area contributed by atoms with Crippen LogP contribution in [0.4, 0.5) is 0 Å². The number of likely N-dealkylation sites (tertiary alicyclic amines) is 1. The van der Waals surface area contributed by atoms with Gasteiger partial charge in [0.25, 0.3) is 0 Å². The molecule has 1 aromatic carbocycles. The highest BCUT2D eigenvalue weighted by Gasteiger charge is 2.26. The van der Waals surface area contributed by atoms with Gasteiger partial charge in [-0.25, -0.2) is 4.98 Å². The van der Waals surface area contributed by atoms with Crippen LogP contribution in [0.25, 0.3) is 11.3 Å². The molecule has 0 radical (unpaired) electrons. The lowest BCUT2D eigenvalue weighted by molar-refractivity contribution is 0.195. The summed E-state index contributed by atoms with van der Waals surface area (Å²) in [5.74, 6) is 0.911. The topological polar surface area (TPSA) is 60.0 Å². The molecule has 6 nitrogen and oxygen atoms in total. The Morgan fingerprint density at radius 3 is 2.96 bits per heavy atom. The zero-order valence-corrected chi connectivity index (χ0v) is 12.9. The lowest BCUT2D eigenvalue weighted by Crippen LogP contribution is -2.32. The molecule has 0 spiro atoms. The molecule has 0 saturated carbocycles. The second kappa shape index (κ2) is 6.34. The number of rotatable bonds is 5. The van der Waals surface area contributed by atoms with Gasteiger partial charge in [-0.3, -0.25) is 9.58 Å². The van der Waals surface area contributed by atoms with Crippen LogP contribution in [0.5, 0.6) is 0 Å². The molecule has 23 heavy (non-hydrogen) atoms. The normalized spacial score (nSPS) is 18.5. The van der Waals surface area contributed by atoms with Crippen LogP contribution in [0.2, 0.25) is 0 Å². The van der Waals surface area contributed by atoms with E-state index in [0.29, 0.717) is 6.04 Å². The Labute approximate surface area is 134 Å². The maximum atomic E-state index is 5.54. The van der Waals surface area contributed by atoms with Crippen molar-refractivity contribution in [1.82, 2.24) is 24.8 Å². The standard InChI is InChI=1S/C17H19N5O/c1-2-5-14(6-3-1)17-9-16(23-20-17)11-21-8-4-7-15(21)10-22-13-18-12-19-22/h1-3,5-6,9,12-13,15H,4,7-8,10-11H2. The maximum Gasteiger partial charge on any atom is 0.151 e. The molecule has 1 unspecified atom stereocenters. The highest BCUT2D eigenvalue weighted by Crippen LogP contribution is 2.24. The van der Waals surface area contributed by atoms with Crippen LogP contribution < -0.4 is 0 Å². The number of benzene rings is 1. The van der Waals surface area contributed by atoms with Gasteiger partial charge in [0, 0.05) is 17.7 Å². The predicted molar refractivity (Wildman–Crippen MR) is 85.4 cm³/mol. The summed E-state index contributed by atoms with van der Waals surface area (Å²) < 4.78 is 7.44. The van der Waals surface area contributed by atoms with Crippen molar-refractivity contribution in [2.45, 2.75) is 32.0 Å². The Kier molecular flexibility index (Phi) is 3.90. The van der Waals surface area contributed by atoms with E-state index in [4.69, 9.17) is 4.52 Å². The second-order valence-corrected chi connectivity index (χ2v) is 5.93. The molecule has 4 rings (SSSR count). The van der Waals surface area contributed by atoms with E-state index in [0.717, 1.165) is 36.7 Å². The van der Waals surface area contributed by atoms with Gasteiger partial charge in [0.15, 0.2) is 5.76 Å². The molecule has 118 valence electrons. The molecule has 0 amide bonds. The Bertz CT molecular complexity index is 737. The van der Waals surface area contributed by atoms with Crippen LogP contribution in [0, 0.1) is 0 Å². The molecule has 0 bridgehead atoms. The van der Waals surface area contributed by atoms with E-state index in [1.165, 1.54) is 12.8 Å². The van der Waals surface area contributed by atoms with Crippen molar-refractivity contribution in [2.75, 3.05) is 6.54 Å². The smallest absolute Gasteiger partial charge is 0.151 e. The Morgan fingerprint density at radius 1 is 1.22 bits per heavy atom. The van der Waals surface area contributed by atoms with Crippen molar-refractivity contribution < 1.29 is 4.52 Å². The zero-order valence-electron chi connectivity index (χ0n) is 12.9. The Hall–Kier alpha value is -2.47. The summed E-state index contributed by atoms with van der Waals surface area (Å²) in [5.41, 5.74) is 1.98. The molecule has 1 atom stereocenters. The van der Waals surface area contributed by atoms with Gasteiger partial charge in [-0.2, -0.15) is 5.10 Å². The molecule has 2 aromatic heterocycles. The largest absolute Gasteiger partial charge is 0.359 e. The average molecular weight is 309 g/mol. The molecule has 0 aliphatic carbocycles. The lowest BCUT2D eigenvalue weighted by Gasteiger charge is -2.22. The van der Waals surface area contributed by atoms with Crippen molar-refractivity contribution in [2.24, 2.45) is 0 Å². The molecule has 0 N–H and O–H groups in total. The van der Waals surface area contributed by atoms with Crippen LogP contribution in [-0.4, -0.2) is 37.4 Å². The van der Waals surface area contributed by atoms with E-state index in [2.05, 4.69) is 20.1 Å². The molecule has 6 heteroatoms. The van der Waals surface area contributed by atoms with Gasteiger partial charge in [0.1, 0.15) is 18.3 Å². The van der Waals surface area contributed by atoms with Crippen LogP contribution in [0.1, 0.15) is 18.6 Å². The molecule has 3 aromatic rings. The van der Waals surface area contributed by atoms with Crippen LogP contribution in [0.3, 0.4) is 0 Å². The van der Waals surface area contributed by atoms with E-state index < -0.39 is 0 Å². The van der Waals surface area contributed by atoms with Gasteiger partial charge in [-0.05, 0) is 19.4 Å². The molecule has 1 aliphatic heterocycles. The number of aromatic nitrogens is 4. The van der Waals surface area contributed by atoms with Crippen LogP contribution in [0.15, 0.2) is 53.6 Å². The second-order valence-electron chi connectivity index (χ2n) is 5.93. The van der Waals surface area contributed by atoms with E-state index in [1.54, 1.807) is 12.7 Å². The first kappa shape index (κ1) is 14.1. The summed E-state index contributed by atoms with van der Waals surface area (Å²) >= 11 is 0. The SMILES string of the molecule is c1ccc(-c2cc(CN3CCCC3Cn3cncn3)on2)cc1. The first-order chi connectivity index (χ1) is 11.4. The van der Waals surface area contributed by atoms with Crippen molar-refractivity contribution in [3.63, 3.8) is 0 Å². The highest BCUT2D eigenvalue weighted by molar-refractivity contribution is 5.58. The van der Waals surface area contributed by atoms with Crippen LogP contribution in [-0.2, 0) is 13.1 Å². The highest BCUT2D eigenvalue weighted by atomic mass is 16.5. The van der Waals surface area contributed by atoms with Gasteiger partial charge in [-0.1, -0.05) is 35.5 Å². The summed E-state index contributed by atoms with van der Waals surface area (Å²) in [6, 6.07) is 12.6. The predicted octanol–water partition coefficient (Wildman–Crippen LogP) is 2.60. The summed E-state index contributed by atoms with van der Waals surface area (Å²) in [6.45, 7) is 2.75. The van der Waals surface area contributed by atoms with Crippen LogP contribution >= 0.6 is 0 Å². The fraction of sp³-hybridized carbons (Fsp3) is 0.353. The van der Waals surface area contributed by atoms with Gasteiger partial charge >= 0.3 is 0 Å². The minimum absolute atomic E-state index is 0.474. The number of hydrogen-bond donors (Lipinski definition) is 0. The number of hydrogen-bond acceptors (Lipinski definition) is 5. The molecular formula is C17H19N5O. The quantitative estimate of drug-likeness (QED) is 0.725. The van der Waals surface area contributed by atoms with E-state index in [1.807, 2.05) is 41.1 Å². The Balaban J connectivity index is 1.44. The summed E-state index contributed by atoms with van der Waals surface area (Å²) in [6.07, 6.45) is 5.75. The zero-order chi connectivity index (χ0) is 15.5. The van der Waals surface area contributed by atoms with Crippen molar-refractivity contribution in [1.29, 1.82) is 0 Å². The number of nitrogens with zero attached hydrogens (tertiary/aromatic N) is 5. The first-order valence-electron chi connectivity index (χ1n) is 7.96. The van der Waals surface area contributed by atoms with E-state index in [-0.39, 0.29) is 0 Å². The van der Waals surface area contributed by atoms with Crippen molar-refractivity contribution in [3.05, 3.63) is 54.8 Å². The molecular weight excluding hydrogens is 290 g/mol. The third-order valence-corrected chi connectivity index (χ3v) is 4.35. The fourth-order valence-corrected chi connectivity index (χ4v) is 3.19. The summed E-state index contributed by atoms with van der Waals surface area (Å²) in [7, 11) is 0. The van der Waals surface area contributed by atoms with Gasteiger partial charge in [-0.15, -0.1) is 0 Å². The first-order valence-corrected chi connectivity index (χ1v) is 7.96. The fourth-order valence-electron chi connectivity index (χ4n) is 3.19. The lowest BCUT2D eigenvalue weighted by atomic mass is 10.1. The van der Waals surface area contributed by atoms with Crippen molar-refractivity contribution in [3.8, 4) is 11.3 Å². The van der Waals surface area contributed by atoms with E-state index >= 15 is 0 Å². The van der Waals surface area contributed by atoms with Gasteiger partial charge in [0.05, 0.1) is 13.1 Å². The molecule has 1 aliphatic rings. The Morgan fingerprint density at radius 2 is 2.13 bits per heavy atom. The van der Waals surface area contributed by atoms with E-state index in [9.17, 15) is 0 Å². The molecule has 3 heterocycles. The molecule has 1 fully saturated rings. The average Bonchev–Trinajstić information content (AvgIpc) is 3.33. The van der Waals surface area contributed by atoms with Gasteiger partial charge in [0.2, 0.25) is 0 Å². The van der Waals surface area contributed by atoms with Crippen molar-refractivity contribution >= 4 is 0 Å². The minimum atomic E-state index is 0.474.